The molecule has 0 aliphatic carbocycles. The van der Waals surface area contributed by atoms with E-state index in [0.717, 1.165) is 13.0 Å². The molecule has 0 aromatic carbocycles. The first-order valence-corrected chi connectivity index (χ1v) is 3.98. The quantitative estimate of drug-likeness (QED) is 0.594. The summed E-state index contributed by atoms with van der Waals surface area (Å²) in [4.78, 5) is 9.75. The molecule has 1 aliphatic rings. The first-order chi connectivity index (χ1) is 5.27. The fraction of sp³-hybridized carbons (Fsp3) is 0.625. The van der Waals surface area contributed by atoms with Gasteiger partial charge in [-0.25, -0.2) is 4.98 Å². The van der Waals surface area contributed by atoms with Gasteiger partial charge in [0.1, 0.15) is 0 Å². The summed E-state index contributed by atoms with van der Waals surface area (Å²) in [5.41, 5.74) is 2.53. The second kappa shape index (κ2) is 2.34. The molecule has 1 aromatic heterocycles. The normalized spacial score (nSPS) is 25.1. The Bertz CT molecular complexity index is 229. The van der Waals surface area contributed by atoms with Crippen LogP contribution in [0.1, 0.15) is 18.3 Å². The predicted molar refractivity (Wildman–Crippen MR) is 43.2 cm³/mol. The van der Waals surface area contributed by atoms with Crippen molar-refractivity contribution in [1.82, 2.24) is 14.9 Å². The molecule has 0 radical (unpaired) electrons. The van der Waals surface area contributed by atoms with E-state index in [9.17, 15) is 0 Å². The summed E-state index contributed by atoms with van der Waals surface area (Å²) >= 11 is 0. The van der Waals surface area contributed by atoms with Gasteiger partial charge < -0.3 is 4.98 Å². The van der Waals surface area contributed by atoms with E-state index in [2.05, 4.69) is 28.8 Å². The topological polar surface area (TPSA) is 31.9 Å². The minimum atomic E-state index is 0.630. The molecule has 1 aliphatic heterocycles. The number of nitrogens with one attached hydrogen (secondary N) is 1. The number of hydrogen-bond acceptors (Lipinski definition) is 2. The molecule has 1 aromatic rings. The van der Waals surface area contributed by atoms with Gasteiger partial charge in [-0.1, -0.05) is 0 Å². The first-order valence-electron chi connectivity index (χ1n) is 3.98. The fourth-order valence-corrected chi connectivity index (χ4v) is 1.50. The maximum Gasteiger partial charge on any atom is 0.0925 e. The monoisotopic (exact) mass is 151 g/mol. The van der Waals surface area contributed by atoms with E-state index >= 15 is 0 Å². The summed E-state index contributed by atoms with van der Waals surface area (Å²) in [7, 11) is 2.15. The van der Waals surface area contributed by atoms with Gasteiger partial charge in [-0.2, -0.15) is 0 Å². The van der Waals surface area contributed by atoms with E-state index in [1.54, 1.807) is 6.33 Å². The highest BCUT2D eigenvalue weighted by Crippen LogP contribution is 2.17. The number of hydrogen-bond donors (Lipinski definition) is 1. The molecular weight excluding hydrogens is 138 g/mol. The van der Waals surface area contributed by atoms with Crippen LogP contribution in [0.5, 0.6) is 0 Å². The number of rotatable bonds is 0. The third kappa shape index (κ3) is 1.05. The Morgan fingerprint density at radius 1 is 1.73 bits per heavy atom. The van der Waals surface area contributed by atoms with Crippen molar-refractivity contribution in [2.75, 3.05) is 7.05 Å². The molecule has 2 rings (SSSR count). The van der Waals surface area contributed by atoms with Crippen LogP contribution in [0.4, 0.5) is 0 Å². The number of aromatic nitrogens is 2. The first kappa shape index (κ1) is 6.85. The number of fused-ring (bicyclic) bond motifs is 1. The Hall–Kier alpha value is -0.830. The summed E-state index contributed by atoms with van der Waals surface area (Å²) in [5.74, 6) is 0. The van der Waals surface area contributed by atoms with Crippen molar-refractivity contribution < 1.29 is 0 Å². The highest BCUT2D eigenvalue weighted by molar-refractivity contribution is 5.15. The van der Waals surface area contributed by atoms with E-state index in [1.807, 2.05) is 0 Å². The molecular formula is C8H13N3. The Labute approximate surface area is 66.4 Å². The van der Waals surface area contributed by atoms with Gasteiger partial charge in [0.15, 0.2) is 0 Å². The van der Waals surface area contributed by atoms with Gasteiger partial charge in [0.25, 0.3) is 0 Å². The molecule has 11 heavy (non-hydrogen) atoms. The van der Waals surface area contributed by atoms with Crippen LogP contribution in [0.25, 0.3) is 0 Å². The molecule has 0 unspecified atom stereocenters. The van der Waals surface area contributed by atoms with E-state index in [4.69, 9.17) is 0 Å². The Morgan fingerprint density at radius 2 is 2.55 bits per heavy atom. The summed E-state index contributed by atoms with van der Waals surface area (Å²) in [6.07, 6.45) is 2.87. The molecule has 0 bridgehead atoms. The fourth-order valence-electron chi connectivity index (χ4n) is 1.50. The van der Waals surface area contributed by atoms with Crippen molar-refractivity contribution in [3.05, 3.63) is 17.7 Å². The summed E-state index contributed by atoms with van der Waals surface area (Å²) in [5, 5.41) is 0. The third-order valence-corrected chi connectivity index (χ3v) is 2.46. The Balaban J connectivity index is 2.30. The SMILES string of the molecule is C[C@@H]1Cc2nc[nH]c2CN1C. The van der Waals surface area contributed by atoms with Crippen molar-refractivity contribution in [3.63, 3.8) is 0 Å². The van der Waals surface area contributed by atoms with Crippen LogP contribution in [0.2, 0.25) is 0 Å². The lowest BCUT2D eigenvalue weighted by Crippen LogP contribution is -2.35. The van der Waals surface area contributed by atoms with Gasteiger partial charge in [-0.05, 0) is 14.0 Å². The zero-order chi connectivity index (χ0) is 7.84. The molecule has 0 saturated heterocycles. The van der Waals surface area contributed by atoms with Crippen molar-refractivity contribution in [1.29, 1.82) is 0 Å². The maximum absolute atomic E-state index is 4.26. The van der Waals surface area contributed by atoms with Crippen LogP contribution in [-0.4, -0.2) is 28.0 Å². The van der Waals surface area contributed by atoms with Crippen LogP contribution in [-0.2, 0) is 13.0 Å². The molecule has 0 amide bonds. The van der Waals surface area contributed by atoms with Crippen LogP contribution in [0.3, 0.4) is 0 Å². The smallest absolute Gasteiger partial charge is 0.0925 e. The average Bonchev–Trinajstić information content (AvgIpc) is 2.36. The molecule has 2 heterocycles. The average molecular weight is 151 g/mol. The van der Waals surface area contributed by atoms with E-state index in [1.165, 1.54) is 11.4 Å². The predicted octanol–water partition coefficient (Wildman–Crippen LogP) is 0.786. The van der Waals surface area contributed by atoms with Crippen molar-refractivity contribution in [2.45, 2.75) is 25.9 Å². The van der Waals surface area contributed by atoms with Gasteiger partial charge >= 0.3 is 0 Å². The van der Waals surface area contributed by atoms with Gasteiger partial charge in [-0.3, -0.25) is 4.90 Å². The number of nitrogens with zero attached hydrogens (tertiary/aromatic N) is 2. The van der Waals surface area contributed by atoms with Crippen LogP contribution in [0.15, 0.2) is 6.33 Å². The molecule has 60 valence electrons. The minimum absolute atomic E-state index is 0.630. The highest BCUT2D eigenvalue weighted by Gasteiger charge is 2.20. The van der Waals surface area contributed by atoms with Crippen LogP contribution >= 0.6 is 0 Å². The van der Waals surface area contributed by atoms with Gasteiger partial charge in [0.2, 0.25) is 0 Å². The van der Waals surface area contributed by atoms with Gasteiger partial charge in [-0.15, -0.1) is 0 Å². The summed E-state index contributed by atoms with van der Waals surface area (Å²) in [6, 6.07) is 0.630. The minimum Gasteiger partial charge on any atom is -0.347 e. The zero-order valence-electron chi connectivity index (χ0n) is 6.96. The number of H-pyrrole nitrogens is 1. The number of likely N-dealkylation sites (N-methyl/N-ethyl adjacent to an activating group) is 1. The molecule has 3 nitrogen and oxygen atoms in total. The third-order valence-electron chi connectivity index (χ3n) is 2.46. The molecule has 0 fully saturated rings. The summed E-state index contributed by atoms with van der Waals surface area (Å²) in [6.45, 7) is 3.24. The second-order valence-electron chi connectivity index (χ2n) is 3.30. The van der Waals surface area contributed by atoms with Crippen molar-refractivity contribution in [3.8, 4) is 0 Å². The van der Waals surface area contributed by atoms with E-state index in [-0.39, 0.29) is 0 Å². The molecule has 3 heteroatoms. The van der Waals surface area contributed by atoms with E-state index in [0.29, 0.717) is 6.04 Å². The molecule has 0 saturated carbocycles. The standard InChI is InChI=1S/C8H13N3/c1-6-3-7-8(4-11(6)2)10-5-9-7/h5-6H,3-4H2,1-2H3,(H,9,10)/t6-/m1/s1. The zero-order valence-corrected chi connectivity index (χ0v) is 6.96. The maximum atomic E-state index is 4.26. The number of aromatic amines is 1. The van der Waals surface area contributed by atoms with Gasteiger partial charge in [0.05, 0.1) is 17.7 Å². The lowest BCUT2D eigenvalue weighted by molar-refractivity contribution is 0.227. The summed E-state index contributed by atoms with van der Waals surface area (Å²) < 4.78 is 0. The lowest BCUT2D eigenvalue weighted by atomic mass is 10.1. The van der Waals surface area contributed by atoms with Crippen LogP contribution < -0.4 is 0 Å². The molecule has 1 atom stereocenters. The molecule has 0 spiro atoms. The van der Waals surface area contributed by atoms with Crippen LogP contribution in [0, 0.1) is 0 Å². The van der Waals surface area contributed by atoms with E-state index < -0.39 is 0 Å². The Morgan fingerprint density at radius 3 is 3.36 bits per heavy atom. The number of imidazole rings is 1. The highest BCUT2D eigenvalue weighted by atomic mass is 15.2. The largest absolute Gasteiger partial charge is 0.347 e. The van der Waals surface area contributed by atoms with Gasteiger partial charge in [0, 0.05) is 19.0 Å². The lowest BCUT2D eigenvalue weighted by Gasteiger charge is -2.28. The molecule has 1 N–H and O–H groups in total. The van der Waals surface area contributed by atoms with Crippen molar-refractivity contribution >= 4 is 0 Å². The van der Waals surface area contributed by atoms with Crippen molar-refractivity contribution in [2.24, 2.45) is 0 Å². The Kier molecular flexibility index (Phi) is 1.46. The second-order valence-corrected chi connectivity index (χ2v) is 3.30.